The number of aliphatic hydroxyl groups excluding tert-OH is 1. The second kappa shape index (κ2) is 6.25. The highest BCUT2D eigenvalue weighted by Crippen LogP contribution is 2.29. The van der Waals surface area contributed by atoms with E-state index in [9.17, 15) is 9.50 Å². The zero-order valence-corrected chi connectivity index (χ0v) is 12.3. The number of aliphatic hydroxyl groups is 1. The zero-order chi connectivity index (χ0) is 15.5. The van der Waals surface area contributed by atoms with Crippen LogP contribution < -0.4 is 0 Å². The van der Waals surface area contributed by atoms with Crippen molar-refractivity contribution in [2.24, 2.45) is 0 Å². The number of benzene rings is 1. The van der Waals surface area contributed by atoms with Crippen LogP contribution >= 0.6 is 11.6 Å². The first kappa shape index (κ1) is 14.7. The summed E-state index contributed by atoms with van der Waals surface area (Å²) in [7, 11) is 0. The molecule has 3 rings (SSSR count). The SMILES string of the molecule is OCC(c1ccc(F)cc1)n1ccnc1-c1ccncc1Cl. The van der Waals surface area contributed by atoms with Crippen LogP contribution in [0.5, 0.6) is 0 Å². The average Bonchev–Trinajstić information content (AvgIpc) is 2.99. The van der Waals surface area contributed by atoms with Crippen LogP contribution in [0.2, 0.25) is 5.02 Å². The van der Waals surface area contributed by atoms with Gasteiger partial charge >= 0.3 is 0 Å². The van der Waals surface area contributed by atoms with Gasteiger partial charge in [0.2, 0.25) is 0 Å². The first-order chi connectivity index (χ1) is 10.7. The first-order valence-electron chi connectivity index (χ1n) is 6.69. The molecule has 1 unspecified atom stereocenters. The van der Waals surface area contributed by atoms with E-state index in [-0.39, 0.29) is 18.5 Å². The molecule has 1 N–H and O–H groups in total. The third kappa shape index (κ3) is 2.73. The molecule has 6 heteroatoms. The van der Waals surface area contributed by atoms with Crippen molar-refractivity contribution < 1.29 is 9.50 Å². The van der Waals surface area contributed by atoms with Crippen molar-refractivity contribution in [1.82, 2.24) is 14.5 Å². The lowest BCUT2D eigenvalue weighted by Gasteiger charge is -2.19. The van der Waals surface area contributed by atoms with Crippen LogP contribution in [0, 0.1) is 5.82 Å². The molecule has 0 amide bonds. The molecule has 0 spiro atoms. The number of imidazole rings is 1. The summed E-state index contributed by atoms with van der Waals surface area (Å²) in [6.07, 6.45) is 6.57. The van der Waals surface area contributed by atoms with Crippen molar-refractivity contribution in [2.75, 3.05) is 6.61 Å². The van der Waals surface area contributed by atoms with Gasteiger partial charge in [0, 0.05) is 30.4 Å². The lowest BCUT2D eigenvalue weighted by molar-refractivity contribution is 0.250. The summed E-state index contributed by atoms with van der Waals surface area (Å²) < 4.78 is 14.9. The molecule has 0 fully saturated rings. The summed E-state index contributed by atoms with van der Waals surface area (Å²) in [5.74, 6) is 0.305. The standard InChI is InChI=1S/C16H13ClFN3O/c17-14-9-19-6-5-13(14)16-20-7-8-21(16)15(10-22)11-1-3-12(18)4-2-11/h1-9,15,22H,10H2. The van der Waals surface area contributed by atoms with Gasteiger partial charge in [0.05, 0.1) is 17.7 Å². The highest BCUT2D eigenvalue weighted by molar-refractivity contribution is 6.33. The van der Waals surface area contributed by atoms with E-state index < -0.39 is 0 Å². The van der Waals surface area contributed by atoms with E-state index in [0.717, 1.165) is 11.1 Å². The fourth-order valence-corrected chi connectivity index (χ4v) is 2.57. The van der Waals surface area contributed by atoms with E-state index in [2.05, 4.69) is 9.97 Å². The Bertz CT molecular complexity index is 773. The Morgan fingerprint density at radius 3 is 2.64 bits per heavy atom. The Morgan fingerprint density at radius 2 is 1.95 bits per heavy atom. The molecule has 3 aromatic rings. The maximum atomic E-state index is 13.1. The third-order valence-electron chi connectivity index (χ3n) is 3.45. The highest BCUT2D eigenvalue weighted by Gasteiger charge is 2.18. The summed E-state index contributed by atoms with van der Waals surface area (Å²) in [4.78, 5) is 8.28. The minimum atomic E-state index is -0.373. The number of hydrogen-bond donors (Lipinski definition) is 1. The van der Waals surface area contributed by atoms with Crippen molar-refractivity contribution in [1.29, 1.82) is 0 Å². The fourth-order valence-electron chi connectivity index (χ4n) is 2.37. The summed E-state index contributed by atoms with van der Waals surface area (Å²) >= 11 is 6.17. The molecule has 0 bridgehead atoms. The van der Waals surface area contributed by atoms with Gasteiger partial charge in [-0.15, -0.1) is 0 Å². The van der Waals surface area contributed by atoms with E-state index >= 15 is 0 Å². The van der Waals surface area contributed by atoms with Gasteiger partial charge in [-0.2, -0.15) is 0 Å². The molecule has 0 saturated carbocycles. The molecular weight excluding hydrogens is 305 g/mol. The predicted molar refractivity (Wildman–Crippen MR) is 82.1 cm³/mol. The largest absolute Gasteiger partial charge is 0.394 e. The maximum absolute atomic E-state index is 13.1. The van der Waals surface area contributed by atoms with Gasteiger partial charge in [0.25, 0.3) is 0 Å². The van der Waals surface area contributed by atoms with E-state index in [1.807, 2.05) is 4.57 Å². The quantitative estimate of drug-likeness (QED) is 0.803. The smallest absolute Gasteiger partial charge is 0.142 e. The molecule has 0 radical (unpaired) electrons. The highest BCUT2D eigenvalue weighted by atomic mass is 35.5. The van der Waals surface area contributed by atoms with E-state index in [1.54, 1.807) is 43.0 Å². The number of aromatic nitrogens is 3. The minimum absolute atomic E-state index is 0.141. The van der Waals surface area contributed by atoms with Crippen LogP contribution in [-0.4, -0.2) is 26.2 Å². The number of nitrogens with zero attached hydrogens (tertiary/aromatic N) is 3. The maximum Gasteiger partial charge on any atom is 0.142 e. The number of rotatable bonds is 4. The van der Waals surface area contributed by atoms with Crippen molar-refractivity contribution in [2.45, 2.75) is 6.04 Å². The van der Waals surface area contributed by atoms with Crippen LogP contribution in [0.15, 0.2) is 55.1 Å². The van der Waals surface area contributed by atoms with Gasteiger partial charge in [0.1, 0.15) is 11.6 Å². The average molecular weight is 318 g/mol. The molecule has 0 aliphatic heterocycles. The van der Waals surface area contributed by atoms with Gasteiger partial charge in [-0.3, -0.25) is 4.98 Å². The zero-order valence-electron chi connectivity index (χ0n) is 11.5. The first-order valence-corrected chi connectivity index (χ1v) is 7.07. The van der Waals surface area contributed by atoms with Crippen LogP contribution in [0.4, 0.5) is 4.39 Å². The summed E-state index contributed by atoms with van der Waals surface area (Å²) in [5.41, 5.74) is 1.51. The molecule has 1 atom stereocenters. The topological polar surface area (TPSA) is 50.9 Å². The second-order valence-corrected chi connectivity index (χ2v) is 5.17. The predicted octanol–water partition coefficient (Wildman–Crippen LogP) is 3.32. The molecule has 2 aromatic heterocycles. The minimum Gasteiger partial charge on any atom is -0.394 e. The molecule has 0 aliphatic rings. The van der Waals surface area contributed by atoms with E-state index in [1.165, 1.54) is 12.1 Å². The Hall–Kier alpha value is -2.24. The Labute approximate surface area is 131 Å². The normalized spacial score (nSPS) is 12.3. The van der Waals surface area contributed by atoms with Crippen LogP contribution in [0.25, 0.3) is 11.4 Å². The number of pyridine rings is 1. The van der Waals surface area contributed by atoms with Gasteiger partial charge < -0.3 is 9.67 Å². The number of hydrogen-bond acceptors (Lipinski definition) is 3. The lowest BCUT2D eigenvalue weighted by Crippen LogP contribution is -2.15. The van der Waals surface area contributed by atoms with Crippen molar-refractivity contribution in [3.8, 4) is 11.4 Å². The van der Waals surface area contributed by atoms with Gasteiger partial charge in [-0.1, -0.05) is 23.7 Å². The van der Waals surface area contributed by atoms with Gasteiger partial charge in [-0.25, -0.2) is 9.37 Å². The van der Waals surface area contributed by atoms with Crippen molar-refractivity contribution >= 4 is 11.6 Å². The Morgan fingerprint density at radius 1 is 1.18 bits per heavy atom. The monoisotopic (exact) mass is 317 g/mol. The summed E-state index contributed by atoms with van der Waals surface area (Å²) in [5, 5.41) is 10.3. The van der Waals surface area contributed by atoms with E-state index in [4.69, 9.17) is 11.6 Å². The molecule has 4 nitrogen and oxygen atoms in total. The molecule has 22 heavy (non-hydrogen) atoms. The van der Waals surface area contributed by atoms with Crippen LogP contribution in [0.1, 0.15) is 11.6 Å². The van der Waals surface area contributed by atoms with Crippen LogP contribution in [0.3, 0.4) is 0 Å². The molecule has 2 heterocycles. The molecular formula is C16H13ClFN3O. The number of halogens is 2. The van der Waals surface area contributed by atoms with Gasteiger partial charge in [-0.05, 0) is 23.8 Å². The van der Waals surface area contributed by atoms with Crippen molar-refractivity contribution in [3.05, 3.63) is 71.5 Å². The lowest BCUT2D eigenvalue weighted by atomic mass is 10.1. The molecule has 1 aromatic carbocycles. The molecule has 0 saturated heterocycles. The second-order valence-electron chi connectivity index (χ2n) is 4.76. The third-order valence-corrected chi connectivity index (χ3v) is 3.75. The summed E-state index contributed by atoms with van der Waals surface area (Å²) in [6.45, 7) is -0.141. The van der Waals surface area contributed by atoms with Crippen LogP contribution in [-0.2, 0) is 0 Å². The van der Waals surface area contributed by atoms with E-state index in [0.29, 0.717) is 10.8 Å². The molecule has 0 aliphatic carbocycles. The summed E-state index contributed by atoms with van der Waals surface area (Å²) in [6, 6.07) is 7.42. The molecule has 112 valence electrons. The Kier molecular flexibility index (Phi) is 4.18. The van der Waals surface area contributed by atoms with Crippen molar-refractivity contribution in [3.63, 3.8) is 0 Å². The Balaban J connectivity index is 2.06. The van der Waals surface area contributed by atoms with Gasteiger partial charge in [0.15, 0.2) is 0 Å². The fraction of sp³-hybridized carbons (Fsp3) is 0.125.